The molecular formula is C14H19ClN2O2. The highest BCUT2D eigenvalue weighted by molar-refractivity contribution is 6.18. The third-order valence-electron chi connectivity index (χ3n) is 4.20. The van der Waals surface area contributed by atoms with Gasteiger partial charge in [-0.05, 0) is 18.4 Å². The SMILES string of the molecule is O=c1cccc2n1C[C@@H]1C[C@H]2CN(C[C@H](O)CCl)C1. The standard InChI is InChI=1S/C14H19ClN2O2/c15-5-12(18)9-16-6-10-4-11(8-16)13-2-1-3-14(19)17(13)7-10/h1-3,10-12,18H,4-9H2/t10-,11+,12-/m1/s1. The molecule has 0 unspecified atom stereocenters. The summed E-state index contributed by atoms with van der Waals surface area (Å²) in [6.07, 6.45) is 0.690. The molecule has 19 heavy (non-hydrogen) atoms. The van der Waals surface area contributed by atoms with E-state index in [-0.39, 0.29) is 11.4 Å². The van der Waals surface area contributed by atoms with Crippen LogP contribution in [0.5, 0.6) is 0 Å². The zero-order valence-electron chi connectivity index (χ0n) is 10.8. The quantitative estimate of drug-likeness (QED) is 0.837. The van der Waals surface area contributed by atoms with E-state index < -0.39 is 6.10 Å². The van der Waals surface area contributed by atoms with Crippen LogP contribution in [0.2, 0.25) is 0 Å². The van der Waals surface area contributed by atoms with Gasteiger partial charge in [0.05, 0.1) is 6.10 Å². The van der Waals surface area contributed by atoms with Gasteiger partial charge in [-0.15, -0.1) is 11.6 Å². The second kappa shape index (κ2) is 5.27. The number of hydrogen-bond donors (Lipinski definition) is 1. The Hall–Kier alpha value is -0.840. The summed E-state index contributed by atoms with van der Waals surface area (Å²) in [4.78, 5) is 14.2. The molecule has 0 spiro atoms. The Kier molecular flexibility index (Phi) is 3.65. The molecule has 104 valence electrons. The first kappa shape index (κ1) is 13.2. The number of piperidine rings is 1. The van der Waals surface area contributed by atoms with Crippen molar-refractivity contribution in [2.75, 3.05) is 25.5 Å². The second-order valence-electron chi connectivity index (χ2n) is 5.72. The zero-order chi connectivity index (χ0) is 13.4. The molecule has 0 aliphatic carbocycles. The molecule has 3 rings (SSSR count). The summed E-state index contributed by atoms with van der Waals surface area (Å²) < 4.78 is 1.92. The normalized spacial score (nSPS) is 27.9. The van der Waals surface area contributed by atoms with Crippen molar-refractivity contribution in [2.45, 2.75) is 25.0 Å². The Balaban J connectivity index is 1.82. The smallest absolute Gasteiger partial charge is 0.250 e. The van der Waals surface area contributed by atoms with E-state index in [4.69, 9.17) is 11.6 Å². The number of nitrogens with zero attached hydrogens (tertiary/aromatic N) is 2. The Morgan fingerprint density at radius 3 is 3.00 bits per heavy atom. The highest BCUT2D eigenvalue weighted by Crippen LogP contribution is 2.34. The summed E-state index contributed by atoms with van der Waals surface area (Å²) in [5.41, 5.74) is 1.26. The van der Waals surface area contributed by atoms with Crippen LogP contribution in [0.25, 0.3) is 0 Å². The van der Waals surface area contributed by atoms with Gasteiger partial charge in [-0.3, -0.25) is 9.69 Å². The number of β-amino-alcohol motifs (C(OH)–C–C–N with tert-alkyl or cyclic N) is 1. The summed E-state index contributed by atoms with van der Waals surface area (Å²) >= 11 is 5.67. The van der Waals surface area contributed by atoms with E-state index in [9.17, 15) is 9.90 Å². The number of fused-ring (bicyclic) bond motifs is 4. The summed E-state index contributed by atoms with van der Waals surface area (Å²) in [6.45, 7) is 3.30. The molecular weight excluding hydrogens is 264 g/mol. The number of likely N-dealkylation sites (tertiary alicyclic amines) is 1. The number of aliphatic hydroxyl groups is 1. The van der Waals surface area contributed by atoms with E-state index in [2.05, 4.69) is 11.0 Å². The van der Waals surface area contributed by atoms with E-state index in [1.165, 1.54) is 0 Å². The highest BCUT2D eigenvalue weighted by Gasteiger charge is 2.34. The summed E-state index contributed by atoms with van der Waals surface area (Å²) in [7, 11) is 0. The van der Waals surface area contributed by atoms with Gasteiger partial charge >= 0.3 is 0 Å². The number of rotatable bonds is 3. The predicted octanol–water partition coefficient (Wildman–Crippen LogP) is 0.867. The molecule has 1 saturated heterocycles. The molecule has 0 saturated carbocycles. The highest BCUT2D eigenvalue weighted by atomic mass is 35.5. The number of hydrogen-bond acceptors (Lipinski definition) is 3. The summed E-state index contributed by atoms with van der Waals surface area (Å²) in [5, 5.41) is 9.68. The Labute approximate surface area is 117 Å². The molecule has 1 aromatic rings. The zero-order valence-corrected chi connectivity index (χ0v) is 11.6. The summed E-state index contributed by atoms with van der Waals surface area (Å²) in [5.74, 6) is 1.19. The largest absolute Gasteiger partial charge is 0.391 e. The Morgan fingerprint density at radius 1 is 1.37 bits per heavy atom. The van der Waals surface area contributed by atoms with E-state index >= 15 is 0 Å². The first-order valence-corrected chi connectivity index (χ1v) is 7.37. The number of halogens is 1. The number of aliphatic hydroxyl groups excluding tert-OH is 1. The van der Waals surface area contributed by atoms with E-state index in [1.807, 2.05) is 10.6 Å². The van der Waals surface area contributed by atoms with Gasteiger partial charge in [-0.1, -0.05) is 6.07 Å². The fraction of sp³-hybridized carbons (Fsp3) is 0.643. The maximum absolute atomic E-state index is 11.9. The van der Waals surface area contributed by atoms with Crippen LogP contribution >= 0.6 is 11.6 Å². The topological polar surface area (TPSA) is 45.5 Å². The van der Waals surface area contributed by atoms with E-state index in [0.29, 0.717) is 18.4 Å². The lowest BCUT2D eigenvalue weighted by molar-refractivity contribution is 0.0712. The molecule has 0 radical (unpaired) electrons. The monoisotopic (exact) mass is 282 g/mol. The average Bonchev–Trinajstić information content (AvgIpc) is 2.40. The molecule has 2 bridgehead atoms. The minimum Gasteiger partial charge on any atom is -0.391 e. The lowest BCUT2D eigenvalue weighted by Crippen LogP contribution is -2.49. The fourth-order valence-electron chi connectivity index (χ4n) is 3.49. The Morgan fingerprint density at radius 2 is 2.21 bits per heavy atom. The lowest BCUT2D eigenvalue weighted by atomic mass is 9.83. The molecule has 0 aromatic carbocycles. The second-order valence-corrected chi connectivity index (χ2v) is 6.03. The van der Waals surface area contributed by atoms with Crippen LogP contribution in [0.1, 0.15) is 18.0 Å². The van der Waals surface area contributed by atoms with Gasteiger partial charge in [0.25, 0.3) is 5.56 Å². The maximum atomic E-state index is 11.9. The minimum absolute atomic E-state index is 0.112. The van der Waals surface area contributed by atoms with E-state index in [1.54, 1.807) is 6.07 Å². The predicted molar refractivity (Wildman–Crippen MR) is 74.7 cm³/mol. The van der Waals surface area contributed by atoms with Crippen molar-refractivity contribution in [3.63, 3.8) is 0 Å². The van der Waals surface area contributed by atoms with Crippen molar-refractivity contribution in [3.8, 4) is 0 Å². The van der Waals surface area contributed by atoms with Gasteiger partial charge in [0.1, 0.15) is 0 Å². The lowest BCUT2D eigenvalue weighted by Gasteiger charge is -2.43. The van der Waals surface area contributed by atoms with Gasteiger partial charge < -0.3 is 9.67 Å². The molecule has 2 aliphatic rings. The van der Waals surface area contributed by atoms with Gasteiger partial charge in [0, 0.05) is 49.7 Å². The molecule has 1 fully saturated rings. The minimum atomic E-state index is -0.460. The van der Waals surface area contributed by atoms with Crippen molar-refractivity contribution in [1.82, 2.24) is 9.47 Å². The van der Waals surface area contributed by atoms with Gasteiger partial charge in [-0.25, -0.2) is 0 Å². The first-order chi connectivity index (χ1) is 9.17. The number of alkyl halides is 1. The van der Waals surface area contributed by atoms with Gasteiger partial charge in [-0.2, -0.15) is 0 Å². The number of aromatic nitrogens is 1. The van der Waals surface area contributed by atoms with Crippen LogP contribution in [-0.2, 0) is 6.54 Å². The van der Waals surface area contributed by atoms with Crippen molar-refractivity contribution in [1.29, 1.82) is 0 Å². The average molecular weight is 283 g/mol. The molecule has 4 nitrogen and oxygen atoms in total. The van der Waals surface area contributed by atoms with Crippen molar-refractivity contribution < 1.29 is 5.11 Å². The van der Waals surface area contributed by atoms with E-state index in [0.717, 1.165) is 31.7 Å². The Bertz CT molecular complexity index is 516. The molecule has 0 amide bonds. The molecule has 1 aromatic heterocycles. The van der Waals surface area contributed by atoms with Crippen LogP contribution in [0, 0.1) is 5.92 Å². The van der Waals surface area contributed by atoms with Gasteiger partial charge in [0.15, 0.2) is 0 Å². The van der Waals surface area contributed by atoms with Crippen molar-refractivity contribution in [3.05, 3.63) is 34.2 Å². The summed E-state index contributed by atoms with van der Waals surface area (Å²) in [6, 6.07) is 5.55. The molecule has 1 N–H and O–H groups in total. The van der Waals surface area contributed by atoms with Crippen LogP contribution in [0.3, 0.4) is 0 Å². The van der Waals surface area contributed by atoms with Crippen LogP contribution < -0.4 is 5.56 Å². The van der Waals surface area contributed by atoms with Crippen molar-refractivity contribution in [2.24, 2.45) is 5.92 Å². The molecule has 3 heterocycles. The maximum Gasteiger partial charge on any atom is 0.250 e. The van der Waals surface area contributed by atoms with Crippen LogP contribution in [0.4, 0.5) is 0 Å². The molecule has 2 aliphatic heterocycles. The first-order valence-electron chi connectivity index (χ1n) is 6.83. The number of pyridine rings is 1. The van der Waals surface area contributed by atoms with Crippen LogP contribution in [0.15, 0.2) is 23.0 Å². The van der Waals surface area contributed by atoms with Gasteiger partial charge in [0.2, 0.25) is 0 Å². The molecule has 3 atom stereocenters. The van der Waals surface area contributed by atoms with Crippen LogP contribution in [-0.4, -0.2) is 46.2 Å². The fourth-order valence-corrected chi connectivity index (χ4v) is 3.59. The third kappa shape index (κ3) is 2.57. The molecule has 5 heteroatoms. The third-order valence-corrected chi connectivity index (χ3v) is 4.56. The van der Waals surface area contributed by atoms with Crippen molar-refractivity contribution >= 4 is 11.6 Å².